The number of fused-ring (bicyclic) bond motifs is 1. The van der Waals surface area contributed by atoms with E-state index in [0.29, 0.717) is 5.91 Å². The van der Waals surface area contributed by atoms with Crippen LogP contribution in [0.25, 0.3) is 10.2 Å². The Balaban J connectivity index is 1.29. The lowest BCUT2D eigenvalue weighted by Crippen LogP contribution is -2.49. The molecule has 0 unspecified atom stereocenters. The summed E-state index contributed by atoms with van der Waals surface area (Å²) in [6.45, 7) is 7.62. The van der Waals surface area contributed by atoms with Gasteiger partial charge in [0.2, 0.25) is 5.91 Å². The molecule has 5 nitrogen and oxygen atoms in total. The largest absolute Gasteiger partial charge is 0.352 e. The van der Waals surface area contributed by atoms with E-state index in [1.54, 1.807) is 11.3 Å². The molecule has 2 aliphatic rings. The molecule has 2 aromatic heterocycles. The predicted molar refractivity (Wildman–Crippen MR) is 141 cm³/mol. The van der Waals surface area contributed by atoms with Crippen molar-refractivity contribution in [1.29, 1.82) is 0 Å². The average Bonchev–Trinajstić information content (AvgIpc) is 3.49. The molecule has 0 N–H and O–H groups in total. The van der Waals surface area contributed by atoms with Gasteiger partial charge in [0, 0.05) is 43.9 Å². The molecule has 2 fully saturated rings. The van der Waals surface area contributed by atoms with Gasteiger partial charge in [-0.25, -0.2) is 9.97 Å². The topological polar surface area (TPSA) is 49.3 Å². The molecule has 0 spiro atoms. The molecule has 1 aliphatic heterocycles. The zero-order valence-corrected chi connectivity index (χ0v) is 21.4. The Labute approximate surface area is 207 Å². The van der Waals surface area contributed by atoms with Crippen molar-refractivity contribution in [1.82, 2.24) is 14.9 Å². The van der Waals surface area contributed by atoms with Crippen LogP contribution in [0.3, 0.4) is 0 Å². The number of thiophene rings is 1. The van der Waals surface area contributed by atoms with Crippen LogP contribution in [0.4, 0.5) is 5.82 Å². The highest BCUT2D eigenvalue weighted by atomic mass is 32.1. The summed E-state index contributed by atoms with van der Waals surface area (Å²) >= 11 is 1.77. The van der Waals surface area contributed by atoms with Crippen LogP contribution >= 0.6 is 11.3 Å². The second-order valence-electron chi connectivity index (χ2n) is 9.97. The first-order valence-electron chi connectivity index (χ1n) is 12.9. The minimum absolute atomic E-state index is 0.338. The van der Waals surface area contributed by atoms with Gasteiger partial charge in [-0.05, 0) is 43.7 Å². The van der Waals surface area contributed by atoms with Crippen molar-refractivity contribution in [3.8, 4) is 0 Å². The number of hydrogen-bond acceptors (Lipinski definition) is 5. The quantitative estimate of drug-likeness (QED) is 0.438. The van der Waals surface area contributed by atoms with Crippen molar-refractivity contribution in [2.75, 3.05) is 31.1 Å². The number of hydrogen-bond donors (Lipinski definition) is 0. The molecule has 6 heteroatoms. The van der Waals surface area contributed by atoms with E-state index in [9.17, 15) is 4.79 Å². The van der Waals surface area contributed by atoms with E-state index in [1.165, 1.54) is 47.1 Å². The lowest BCUT2D eigenvalue weighted by Gasteiger charge is -2.36. The predicted octanol–water partition coefficient (Wildman–Crippen LogP) is 5.71. The van der Waals surface area contributed by atoms with Gasteiger partial charge in [-0.2, -0.15) is 0 Å². The van der Waals surface area contributed by atoms with Crippen LogP contribution < -0.4 is 4.90 Å². The van der Waals surface area contributed by atoms with Gasteiger partial charge in [-0.15, -0.1) is 11.3 Å². The summed E-state index contributed by atoms with van der Waals surface area (Å²) in [7, 11) is 0. The summed E-state index contributed by atoms with van der Waals surface area (Å²) in [5.41, 5.74) is 2.61. The van der Waals surface area contributed by atoms with Crippen molar-refractivity contribution in [2.45, 2.75) is 65.2 Å². The summed E-state index contributed by atoms with van der Waals surface area (Å²) in [4.78, 5) is 29.7. The van der Waals surface area contributed by atoms with E-state index < -0.39 is 0 Å². The number of rotatable bonds is 7. The minimum atomic E-state index is 0.338. The van der Waals surface area contributed by atoms with Gasteiger partial charge in [0.15, 0.2) is 0 Å². The maximum atomic E-state index is 12.8. The van der Waals surface area contributed by atoms with E-state index in [2.05, 4.69) is 54.0 Å². The number of aromatic nitrogens is 2. The summed E-state index contributed by atoms with van der Waals surface area (Å²) in [6, 6.07) is 10.6. The lowest BCUT2D eigenvalue weighted by molar-refractivity contribution is -0.131. The van der Waals surface area contributed by atoms with Gasteiger partial charge in [0.05, 0.1) is 5.39 Å². The highest BCUT2D eigenvalue weighted by Gasteiger charge is 2.26. The normalized spacial score (nSPS) is 17.1. The fourth-order valence-corrected chi connectivity index (χ4v) is 6.51. The molecular formula is C28H36N4OS. The molecular weight excluding hydrogens is 440 g/mol. The number of amides is 1. The van der Waals surface area contributed by atoms with E-state index in [-0.39, 0.29) is 0 Å². The van der Waals surface area contributed by atoms with Gasteiger partial charge in [-0.3, -0.25) is 4.79 Å². The maximum absolute atomic E-state index is 12.8. The van der Waals surface area contributed by atoms with Crippen LogP contribution in [0.1, 0.15) is 60.4 Å². The molecule has 180 valence electrons. The Hall–Kier alpha value is -2.47. The summed E-state index contributed by atoms with van der Waals surface area (Å²) in [6.07, 6.45) is 8.90. The fourth-order valence-electron chi connectivity index (χ4n) is 5.47. The Morgan fingerprint density at radius 2 is 1.74 bits per heavy atom. The zero-order valence-electron chi connectivity index (χ0n) is 20.6. The molecule has 34 heavy (non-hydrogen) atoms. The molecule has 5 rings (SSSR count). The van der Waals surface area contributed by atoms with Crippen LogP contribution in [0, 0.1) is 19.8 Å². The molecule has 0 bridgehead atoms. The SMILES string of the molecule is Cc1sc2nc(CCc3ccccc3)nc(N3CCN(C(=O)CCC4CCCC4)CC3)c2c1C. The van der Waals surface area contributed by atoms with Gasteiger partial charge in [0.1, 0.15) is 16.5 Å². The van der Waals surface area contributed by atoms with Crippen molar-refractivity contribution in [2.24, 2.45) is 5.92 Å². The Kier molecular flexibility index (Phi) is 7.14. The molecule has 1 aromatic carbocycles. The Morgan fingerprint density at radius 3 is 2.47 bits per heavy atom. The monoisotopic (exact) mass is 476 g/mol. The number of piperazine rings is 1. The third-order valence-electron chi connectivity index (χ3n) is 7.71. The number of nitrogens with zero attached hydrogens (tertiary/aromatic N) is 4. The Morgan fingerprint density at radius 1 is 1.00 bits per heavy atom. The molecule has 0 radical (unpaired) electrons. The van der Waals surface area contributed by atoms with Crippen LogP contribution in [0.15, 0.2) is 30.3 Å². The molecule has 1 amide bonds. The molecule has 1 saturated carbocycles. The average molecular weight is 477 g/mol. The third-order valence-corrected chi connectivity index (χ3v) is 8.81. The van der Waals surface area contributed by atoms with E-state index in [4.69, 9.17) is 9.97 Å². The van der Waals surface area contributed by atoms with E-state index in [1.807, 2.05) is 0 Å². The molecule has 1 aliphatic carbocycles. The van der Waals surface area contributed by atoms with Crippen LogP contribution in [0.2, 0.25) is 0 Å². The lowest BCUT2D eigenvalue weighted by atomic mass is 10.0. The minimum Gasteiger partial charge on any atom is -0.352 e. The van der Waals surface area contributed by atoms with E-state index >= 15 is 0 Å². The number of carbonyl (C=O) groups is 1. The highest BCUT2D eigenvalue weighted by molar-refractivity contribution is 7.18. The number of benzene rings is 1. The van der Waals surface area contributed by atoms with Crippen molar-refractivity contribution in [3.63, 3.8) is 0 Å². The zero-order chi connectivity index (χ0) is 23.5. The van der Waals surface area contributed by atoms with Gasteiger partial charge >= 0.3 is 0 Å². The Bertz CT molecular complexity index is 1130. The number of carbonyl (C=O) groups excluding carboxylic acids is 1. The van der Waals surface area contributed by atoms with Crippen LogP contribution in [-0.2, 0) is 17.6 Å². The smallest absolute Gasteiger partial charge is 0.222 e. The first-order chi connectivity index (χ1) is 16.6. The summed E-state index contributed by atoms with van der Waals surface area (Å²) < 4.78 is 0. The number of anilines is 1. The van der Waals surface area contributed by atoms with Crippen molar-refractivity contribution >= 4 is 33.3 Å². The highest BCUT2D eigenvalue weighted by Crippen LogP contribution is 2.35. The fraction of sp³-hybridized carbons (Fsp3) is 0.536. The molecule has 3 heterocycles. The maximum Gasteiger partial charge on any atom is 0.222 e. The second kappa shape index (κ2) is 10.4. The standard InChI is InChI=1S/C28H36N4OS/c1-20-21(2)34-28-26(20)27(29-24(30-28)14-12-22-8-4-3-5-9-22)32-18-16-31(17-19-32)25(33)15-13-23-10-6-7-11-23/h3-5,8-9,23H,6-7,10-19H2,1-2H3. The van der Waals surface area contributed by atoms with Gasteiger partial charge in [0.25, 0.3) is 0 Å². The van der Waals surface area contributed by atoms with E-state index in [0.717, 1.165) is 74.3 Å². The number of aryl methyl sites for hydroxylation is 4. The third kappa shape index (κ3) is 5.12. The molecule has 1 saturated heterocycles. The van der Waals surface area contributed by atoms with Crippen molar-refractivity contribution in [3.05, 3.63) is 52.2 Å². The van der Waals surface area contributed by atoms with Gasteiger partial charge in [-0.1, -0.05) is 56.0 Å². The van der Waals surface area contributed by atoms with Crippen LogP contribution in [0.5, 0.6) is 0 Å². The molecule has 3 aromatic rings. The first-order valence-corrected chi connectivity index (χ1v) is 13.7. The van der Waals surface area contributed by atoms with Gasteiger partial charge < -0.3 is 9.80 Å². The van der Waals surface area contributed by atoms with Crippen LogP contribution in [-0.4, -0.2) is 47.0 Å². The summed E-state index contributed by atoms with van der Waals surface area (Å²) in [5.74, 6) is 3.10. The first kappa shape index (κ1) is 23.3. The van der Waals surface area contributed by atoms with Crippen molar-refractivity contribution < 1.29 is 4.79 Å². The molecule has 0 atom stereocenters. The second-order valence-corrected chi connectivity index (χ2v) is 11.2. The summed E-state index contributed by atoms with van der Waals surface area (Å²) in [5, 5.41) is 1.20.